The molecule has 5 aromatic carbocycles. The molecule has 0 radical (unpaired) electrons. The summed E-state index contributed by atoms with van der Waals surface area (Å²) in [4.78, 5) is -2.00. The number of phenols is 1. The van der Waals surface area contributed by atoms with E-state index in [1.807, 2.05) is 0 Å². The standard InChI is InChI=1S/C28H23N5O12S3/c1-44-23-13-22(24(45-2)12-21(23)31-30-17-5-3-14-4-6-18(46(35,36)37)8-15(14)7-17)32-33-27-26(48(41,42)43)10-16-9-25(47(38,39)40)20(29)11-19(16)28(27)34/h3-13,34H,29H2,1-2H3,(H,35,36,37)(H,38,39,40)(H,41,42,43). The van der Waals surface area contributed by atoms with Crippen molar-refractivity contribution in [3.8, 4) is 17.2 Å². The number of aromatic hydroxyl groups is 1. The Morgan fingerprint density at radius 1 is 0.604 bits per heavy atom. The lowest BCUT2D eigenvalue weighted by atomic mass is 10.1. The average molecular weight is 718 g/mol. The van der Waals surface area contributed by atoms with Crippen molar-refractivity contribution in [3.05, 3.63) is 66.7 Å². The van der Waals surface area contributed by atoms with Crippen LogP contribution in [0.25, 0.3) is 21.5 Å². The Balaban J connectivity index is 1.57. The van der Waals surface area contributed by atoms with Crippen molar-refractivity contribution in [1.29, 1.82) is 0 Å². The third kappa shape index (κ3) is 6.88. The quantitative estimate of drug-likeness (QED) is 0.0678. The fraction of sp³-hybridized carbons (Fsp3) is 0.0714. The van der Waals surface area contributed by atoms with Crippen LogP contribution in [0.5, 0.6) is 17.2 Å². The molecule has 0 atom stereocenters. The van der Waals surface area contributed by atoms with E-state index in [4.69, 9.17) is 15.2 Å². The van der Waals surface area contributed by atoms with Crippen LogP contribution in [0, 0.1) is 0 Å². The van der Waals surface area contributed by atoms with Crippen LogP contribution in [-0.2, 0) is 30.4 Å². The molecular formula is C28H23N5O12S3. The summed E-state index contributed by atoms with van der Waals surface area (Å²) in [5.41, 5.74) is 4.91. The third-order valence-corrected chi connectivity index (χ3v) is 9.47. The highest BCUT2D eigenvalue weighted by molar-refractivity contribution is 7.86. The first-order valence-corrected chi connectivity index (χ1v) is 17.4. The van der Waals surface area contributed by atoms with E-state index in [1.54, 1.807) is 18.2 Å². The molecule has 0 saturated carbocycles. The van der Waals surface area contributed by atoms with E-state index in [1.165, 1.54) is 44.6 Å². The van der Waals surface area contributed by atoms with Crippen LogP contribution >= 0.6 is 0 Å². The Hall–Kier alpha value is -5.25. The van der Waals surface area contributed by atoms with Crippen molar-refractivity contribution in [2.45, 2.75) is 14.7 Å². The van der Waals surface area contributed by atoms with Gasteiger partial charge in [-0.05, 0) is 58.6 Å². The van der Waals surface area contributed by atoms with Crippen molar-refractivity contribution in [2.24, 2.45) is 20.5 Å². The molecule has 0 bridgehead atoms. The van der Waals surface area contributed by atoms with E-state index in [9.17, 15) is 44.0 Å². The molecule has 0 aliphatic heterocycles. The molecule has 48 heavy (non-hydrogen) atoms. The monoisotopic (exact) mass is 717 g/mol. The van der Waals surface area contributed by atoms with Crippen molar-refractivity contribution in [1.82, 2.24) is 0 Å². The maximum Gasteiger partial charge on any atom is 0.296 e. The van der Waals surface area contributed by atoms with Crippen molar-refractivity contribution in [3.63, 3.8) is 0 Å². The van der Waals surface area contributed by atoms with Crippen LogP contribution in [0.4, 0.5) is 28.4 Å². The van der Waals surface area contributed by atoms with E-state index >= 15 is 0 Å². The summed E-state index contributed by atoms with van der Waals surface area (Å²) in [6.07, 6.45) is 0. The van der Waals surface area contributed by atoms with Gasteiger partial charge in [0.25, 0.3) is 30.4 Å². The van der Waals surface area contributed by atoms with Crippen LogP contribution in [-0.4, -0.2) is 58.2 Å². The highest BCUT2D eigenvalue weighted by Gasteiger charge is 2.25. The van der Waals surface area contributed by atoms with Crippen LogP contribution in [0.15, 0.2) is 102 Å². The molecule has 0 fully saturated rings. The molecule has 5 aromatic rings. The van der Waals surface area contributed by atoms with Crippen LogP contribution < -0.4 is 15.2 Å². The molecule has 17 nitrogen and oxygen atoms in total. The maximum absolute atomic E-state index is 12.2. The molecule has 0 amide bonds. The van der Waals surface area contributed by atoms with Gasteiger partial charge in [-0.25, -0.2) is 0 Å². The van der Waals surface area contributed by atoms with E-state index in [2.05, 4.69) is 20.5 Å². The Bertz CT molecular complexity index is 2540. The fourth-order valence-corrected chi connectivity index (χ4v) is 6.39. The van der Waals surface area contributed by atoms with Crippen LogP contribution in [0.2, 0.25) is 0 Å². The molecule has 0 spiro atoms. The Labute approximate surface area is 272 Å². The predicted octanol–water partition coefficient (Wildman–Crippen LogP) is 5.87. The summed E-state index contributed by atoms with van der Waals surface area (Å²) in [7, 11) is -11.7. The Kier molecular flexibility index (Phi) is 8.81. The number of nitrogen functional groups attached to an aromatic ring is 1. The lowest BCUT2D eigenvalue weighted by molar-refractivity contribution is 0.405. The van der Waals surface area contributed by atoms with Crippen molar-refractivity contribution in [2.75, 3.05) is 20.0 Å². The Morgan fingerprint density at radius 3 is 1.73 bits per heavy atom. The second-order valence-corrected chi connectivity index (χ2v) is 14.1. The van der Waals surface area contributed by atoms with E-state index in [0.717, 1.165) is 18.2 Å². The highest BCUT2D eigenvalue weighted by Crippen LogP contribution is 2.45. The number of hydrogen-bond acceptors (Lipinski definition) is 14. The number of methoxy groups -OCH3 is 2. The van der Waals surface area contributed by atoms with Gasteiger partial charge in [0, 0.05) is 17.5 Å². The minimum atomic E-state index is -5.09. The molecular weight excluding hydrogens is 695 g/mol. The Morgan fingerprint density at radius 2 is 1.17 bits per heavy atom. The normalized spacial score (nSPS) is 12.8. The van der Waals surface area contributed by atoms with Crippen LogP contribution in [0.1, 0.15) is 0 Å². The second kappa shape index (κ2) is 12.4. The number of hydrogen-bond donors (Lipinski definition) is 5. The summed E-state index contributed by atoms with van der Waals surface area (Å²) >= 11 is 0. The van der Waals surface area contributed by atoms with E-state index < -0.39 is 57.3 Å². The molecule has 0 aliphatic rings. The van der Waals surface area contributed by atoms with Gasteiger partial charge in [0.1, 0.15) is 38.4 Å². The lowest BCUT2D eigenvalue weighted by Crippen LogP contribution is -2.04. The number of nitrogens with two attached hydrogens (primary N) is 1. The first kappa shape index (κ1) is 34.1. The fourth-order valence-electron chi connectivity index (χ4n) is 4.58. The number of ether oxygens (including phenoxy) is 2. The van der Waals surface area contributed by atoms with Gasteiger partial charge in [0.05, 0.1) is 30.5 Å². The smallest absolute Gasteiger partial charge is 0.296 e. The number of rotatable bonds is 9. The molecule has 5 rings (SSSR count). The number of azo groups is 2. The van der Waals surface area contributed by atoms with E-state index in [0.29, 0.717) is 16.5 Å². The maximum atomic E-state index is 12.2. The first-order valence-electron chi connectivity index (χ1n) is 13.1. The number of benzene rings is 5. The predicted molar refractivity (Wildman–Crippen MR) is 171 cm³/mol. The van der Waals surface area contributed by atoms with Gasteiger partial charge in [0.2, 0.25) is 0 Å². The van der Waals surface area contributed by atoms with Gasteiger partial charge in [-0.15, -0.1) is 15.3 Å². The third-order valence-electron chi connectivity index (χ3n) is 6.84. The van der Waals surface area contributed by atoms with Crippen LogP contribution in [0.3, 0.4) is 0 Å². The zero-order valence-electron chi connectivity index (χ0n) is 24.5. The molecule has 20 heteroatoms. The molecule has 0 saturated heterocycles. The lowest BCUT2D eigenvalue weighted by Gasteiger charge is -2.12. The van der Waals surface area contributed by atoms with E-state index in [-0.39, 0.29) is 38.5 Å². The van der Waals surface area contributed by atoms with Crippen molar-refractivity contribution >= 4 is 80.3 Å². The van der Waals surface area contributed by atoms with Gasteiger partial charge in [-0.2, -0.15) is 30.4 Å². The van der Waals surface area contributed by atoms with Gasteiger partial charge in [-0.3, -0.25) is 13.7 Å². The minimum Gasteiger partial charge on any atom is -0.505 e. The summed E-state index contributed by atoms with van der Waals surface area (Å²) in [6, 6.07) is 14.1. The van der Waals surface area contributed by atoms with Gasteiger partial charge >= 0.3 is 0 Å². The number of phenolic OH excluding ortho intramolecular Hbond substituents is 1. The number of fused-ring (bicyclic) bond motifs is 2. The van der Waals surface area contributed by atoms with Gasteiger partial charge in [-0.1, -0.05) is 12.1 Å². The molecule has 6 N–H and O–H groups in total. The number of nitrogens with zero attached hydrogens (tertiary/aromatic N) is 4. The summed E-state index contributed by atoms with van der Waals surface area (Å²) in [5.74, 6) is -0.723. The average Bonchev–Trinajstić information content (AvgIpc) is 3.01. The number of anilines is 1. The molecule has 0 aliphatic carbocycles. The molecule has 0 aromatic heterocycles. The molecule has 250 valence electrons. The second-order valence-electron chi connectivity index (χ2n) is 9.90. The summed E-state index contributed by atoms with van der Waals surface area (Å²) in [5, 5.41) is 27.8. The largest absolute Gasteiger partial charge is 0.505 e. The van der Waals surface area contributed by atoms with Gasteiger partial charge < -0.3 is 20.3 Å². The zero-order valence-corrected chi connectivity index (χ0v) is 26.9. The zero-order chi connectivity index (χ0) is 35.2. The van der Waals surface area contributed by atoms with Gasteiger partial charge in [0.15, 0.2) is 5.75 Å². The summed E-state index contributed by atoms with van der Waals surface area (Å²) in [6.45, 7) is 0. The molecule has 0 heterocycles. The topological polar surface area (TPSA) is 277 Å². The SMILES string of the molecule is COc1cc(N=Nc2c(S(=O)(=O)O)cc3cc(S(=O)(=O)O)c(N)cc3c2O)c(OC)cc1N=Nc1ccc2ccc(S(=O)(=O)O)cc2c1. The molecule has 0 unspecified atom stereocenters. The summed E-state index contributed by atoms with van der Waals surface area (Å²) < 4.78 is 110. The first-order chi connectivity index (χ1) is 22.4. The highest BCUT2D eigenvalue weighted by atomic mass is 32.2. The minimum absolute atomic E-state index is 0.0283. The van der Waals surface area contributed by atoms with Crippen molar-refractivity contribution < 1.29 is 53.5 Å².